The fraction of sp³-hybridized carbons (Fsp3) is 0.667. The van der Waals surface area contributed by atoms with Gasteiger partial charge in [-0.25, -0.2) is 0 Å². The number of hydrogen-bond donors (Lipinski definition) is 0. The minimum Gasteiger partial charge on any atom is -0.495 e. The molecule has 2 aliphatic rings. The van der Waals surface area contributed by atoms with Crippen molar-refractivity contribution in [1.82, 2.24) is 4.90 Å². The van der Waals surface area contributed by atoms with Gasteiger partial charge < -0.3 is 14.5 Å². The molecule has 0 aliphatic carbocycles. The summed E-state index contributed by atoms with van der Waals surface area (Å²) in [6.07, 6.45) is 5.42. The molecule has 2 fully saturated rings. The second-order valence-electron chi connectivity index (χ2n) is 6.97. The van der Waals surface area contributed by atoms with Crippen molar-refractivity contribution in [3.8, 4) is 5.75 Å². The predicted octanol–water partition coefficient (Wildman–Crippen LogP) is 3.32. The lowest BCUT2D eigenvalue weighted by Gasteiger charge is -2.47. The lowest BCUT2D eigenvalue weighted by Crippen LogP contribution is -2.46. The summed E-state index contributed by atoms with van der Waals surface area (Å²) in [6.45, 7) is 7.00. The van der Waals surface area contributed by atoms with Crippen LogP contribution in [-0.4, -0.2) is 45.2 Å². The summed E-state index contributed by atoms with van der Waals surface area (Å²) in [4.78, 5) is 4.99. The summed E-state index contributed by atoms with van der Waals surface area (Å²) in [5.74, 6) is 1.02. The third-order valence-corrected chi connectivity index (χ3v) is 5.55. The molecule has 116 valence electrons. The van der Waals surface area contributed by atoms with Gasteiger partial charge in [0.15, 0.2) is 0 Å². The predicted molar refractivity (Wildman–Crippen MR) is 88.3 cm³/mol. The summed E-state index contributed by atoms with van der Waals surface area (Å²) >= 11 is 0. The summed E-state index contributed by atoms with van der Waals surface area (Å²) in [5, 5.41) is 0. The lowest BCUT2D eigenvalue weighted by atomic mass is 9.71. The monoisotopic (exact) mass is 288 g/mol. The van der Waals surface area contributed by atoms with E-state index >= 15 is 0 Å². The van der Waals surface area contributed by atoms with E-state index < -0.39 is 0 Å². The summed E-state index contributed by atoms with van der Waals surface area (Å²) in [7, 11) is 4.03. The zero-order valence-electron chi connectivity index (χ0n) is 13.7. The van der Waals surface area contributed by atoms with Gasteiger partial charge in [0.25, 0.3) is 0 Å². The zero-order valence-corrected chi connectivity index (χ0v) is 13.7. The average Bonchev–Trinajstić information content (AvgIpc) is 2.51. The van der Waals surface area contributed by atoms with Gasteiger partial charge >= 0.3 is 0 Å². The minimum atomic E-state index is 0.612. The molecule has 0 radical (unpaired) electrons. The molecule has 3 heteroatoms. The number of anilines is 1. The van der Waals surface area contributed by atoms with Gasteiger partial charge in [0, 0.05) is 13.1 Å². The maximum absolute atomic E-state index is 5.58. The van der Waals surface area contributed by atoms with E-state index in [1.165, 1.54) is 63.1 Å². The highest BCUT2D eigenvalue weighted by Crippen LogP contribution is 2.43. The maximum atomic E-state index is 5.58. The SMILES string of the molecule is COc1cc(C)ccc1N1CCC2(CCN(C)CC2)CC1. The number of piperidine rings is 2. The molecule has 2 heterocycles. The quantitative estimate of drug-likeness (QED) is 0.830. The van der Waals surface area contributed by atoms with E-state index in [4.69, 9.17) is 4.74 Å². The van der Waals surface area contributed by atoms with Crippen molar-refractivity contribution < 1.29 is 4.74 Å². The van der Waals surface area contributed by atoms with Gasteiger partial charge in [0.05, 0.1) is 12.8 Å². The first-order valence-electron chi connectivity index (χ1n) is 8.20. The van der Waals surface area contributed by atoms with E-state index in [0.29, 0.717) is 5.41 Å². The molecular formula is C18H28N2O. The Morgan fingerprint density at radius 3 is 2.24 bits per heavy atom. The van der Waals surface area contributed by atoms with Crippen LogP contribution in [0.25, 0.3) is 0 Å². The molecule has 1 spiro atoms. The van der Waals surface area contributed by atoms with Crippen LogP contribution >= 0.6 is 0 Å². The number of ether oxygens (including phenoxy) is 1. The molecule has 0 atom stereocenters. The van der Waals surface area contributed by atoms with Crippen molar-refractivity contribution >= 4 is 5.69 Å². The van der Waals surface area contributed by atoms with Gasteiger partial charge in [-0.3, -0.25) is 0 Å². The van der Waals surface area contributed by atoms with E-state index in [2.05, 4.69) is 42.0 Å². The van der Waals surface area contributed by atoms with E-state index in [1.807, 2.05) is 0 Å². The van der Waals surface area contributed by atoms with E-state index in [-0.39, 0.29) is 0 Å². The number of aryl methyl sites for hydroxylation is 1. The maximum Gasteiger partial charge on any atom is 0.142 e. The van der Waals surface area contributed by atoms with Crippen molar-refractivity contribution in [2.45, 2.75) is 32.6 Å². The number of nitrogens with zero attached hydrogens (tertiary/aromatic N) is 2. The molecule has 21 heavy (non-hydrogen) atoms. The molecule has 3 nitrogen and oxygen atoms in total. The van der Waals surface area contributed by atoms with E-state index in [1.54, 1.807) is 7.11 Å². The van der Waals surface area contributed by atoms with Crippen LogP contribution < -0.4 is 9.64 Å². The second kappa shape index (κ2) is 5.88. The molecule has 0 bridgehead atoms. The molecule has 0 N–H and O–H groups in total. The molecule has 2 aliphatic heterocycles. The highest BCUT2D eigenvalue weighted by molar-refractivity contribution is 5.60. The van der Waals surface area contributed by atoms with Crippen molar-refractivity contribution in [1.29, 1.82) is 0 Å². The van der Waals surface area contributed by atoms with Gasteiger partial charge in [-0.2, -0.15) is 0 Å². The Morgan fingerprint density at radius 2 is 1.62 bits per heavy atom. The fourth-order valence-corrected chi connectivity index (χ4v) is 3.86. The van der Waals surface area contributed by atoms with Gasteiger partial charge in [-0.15, -0.1) is 0 Å². The summed E-state index contributed by atoms with van der Waals surface area (Å²) < 4.78 is 5.58. The Balaban J connectivity index is 1.68. The standard InChI is InChI=1S/C18H28N2O/c1-15-4-5-16(17(14-15)21-3)20-12-8-18(9-13-20)6-10-19(2)11-7-18/h4-5,14H,6-13H2,1-3H3. The molecule has 0 unspecified atom stereocenters. The van der Waals surface area contributed by atoms with Gasteiger partial charge in [-0.05, 0) is 75.9 Å². The number of likely N-dealkylation sites (tertiary alicyclic amines) is 1. The molecule has 2 saturated heterocycles. The molecular weight excluding hydrogens is 260 g/mol. The lowest BCUT2D eigenvalue weighted by molar-refractivity contribution is 0.0944. The Kier molecular flexibility index (Phi) is 4.12. The van der Waals surface area contributed by atoms with Crippen molar-refractivity contribution in [2.75, 3.05) is 45.2 Å². The Morgan fingerprint density at radius 1 is 1.00 bits per heavy atom. The highest BCUT2D eigenvalue weighted by atomic mass is 16.5. The third kappa shape index (κ3) is 3.03. The summed E-state index contributed by atoms with van der Waals surface area (Å²) in [6, 6.07) is 6.56. The van der Waals surface area contributed by atoms with Crippen LogP contribution in [0.2, 0.25) is 0 Å². The first kappa shape index (κ1) is 14.7. The van der Waals surface area contributed by atoms with Gasteiger partial charge in [0.1, 0.15) is 5.75 Å². The second-order valence-corrected chi connectivity index (χ2v) is 6.97. The number of methoxy groups -OCH3 is 1. The minimum absolute atomic E-state index is 0.612. The average molecular weight is 288 g/mol. The molecule has 0 amide bonds. The summed E-state index contributed by atoms with van der Waals surface area (Å²) in [5.41, 5.74) is 3.14. The Bertz CT molecular complexity index is 482. The molecule has 3 rings (SSSR count). The number of hydrogen-bond acceptors (Lipinski definition) is 3. The molecule has 0 saturated carbocycles. The van der Waals surface area contributed by atoms with Crippen LogP contribution in [0, 0.1) is 12.3 Å². The van der Waals surface area contributed by atoms with Gasteiger partial charge in [-0.1, -0.05) is 6.07 Å². The topological polar surface area (TPSA) is 15.7 Å². The van der Waals surface area contributed by atoms with E-state index in [9.17, 15) is 0 Å². The first-order valence-corrected chi connectivity index (χ1v) is 8.20. The third-order valence-electron chi connectivity index (χ3n) is 5.55. The normalized spacial score (nSPS) is 22.5. The molecule has 1 aromatic carbocycles. The number of rotatable bonds is 2. The Labute approximate surface area is 128 Å². The van der Waals surface area contributed by atoms with Gasteiger partial charge in [0.2, 0.25) is 0 Å². The van der Waals surface area contributed by atoms with Crippen LogP contribution in [0.15, 0.2) is 18.2 Å². The van der Waals surface area contributed by atoms with Crippen LogP contribution in [0.5, 0.6) is 5.75 Å². The van der Waals surface area contributed by atoms with E-state index in [0.717, 1.165) is 5.75 Å². The van der Waals surface area contributed by atoms with Crippen LogP contribution in [0.1, 0.15) is 31.2 Å². The molecule has 1 aromatic rings. The molecule has 0 aromatic heterocycles. The van der Waals surface area contributed by atoms with Crippen LogP contribution in [0.3, 0.4) is 0 Å². The smallest absolute Gasteiger partial charge is 0.142 e. The number of benzene rings is 1. The van der Waals surface area contributed by atoms with Crippen molar-refractivity contribution in [3.63, 3.8) is 0 Å². The highest BCUT2D eigenvalue weighted by Gasteiger charge is 2.37. The first-order chi connectivity index (χ1) is 10.1. The van der Waals surface area contributed by atoms with Crippen LogP contribution in [-0.2, 0) is 0 Å². The Hall–Kier alpha value is -1.22. The largest absolute Gasteiger partial charge is 0.495 e. The van der Waals surface area contributed by atoms with Crippen molar-refractivity contribution in [2.24, 2.45) is 5.41 Å². The zero-order chi connectivity index (χ0) is 14.9. The van der Waals surface area contributed by atoms with Crippen LogP contribution in [0.4, 0.5) is 5.69 Å². The van der Waals surface area contributed by atoms with Crippen molar-refractivity contribution in [3.05, 3.63) is 23.8 Å². The fourth-order valence-electron chi connectivity index (χ4n) is 3.86.